The summed E-state index contributed by atoms with van der Waals surface area (Å²) in [6.07, 6.45) is -1.94. The monoisotopic (exact) mass is 422 g/mol. The van der Waals surface area contributed by atoms with Gasteiger partial charge in [0.05, 0.1) is 12.1 Å². The van der Waals surface area contributed by atoms with Gasteiger partial charge in [-0.15, -0.1) is 0 Å². The fourth-order valence-corrected chi connectivity index (χ4v) is 2.69. The van der Waals surface area contributed by atoms with E-state index in [1.165, 1.54) is 41.6 Å². The predicted octanol–water partition coefficient (Wildman–Crippen LogP) is 3.87. The van der Waals surface area contributed by atoms with E-state index in [9.17, 15) is 22.8 Å². The Kier molecular flexibility index (Phi) is 5.97. The number of alkyl halides is 3. The van der Waals surface area contributed by atoms with Crippen LogP contribution in [0.25, 0.3) is 0 Å². The number of benzene rings is 2. The van der Waals surface area contributed by atoms with Gasteiger partial charge in [-0.2, -0.15) is 18.3 Å². The van der Waals surface area contributed by atoms with Crippen LogP contribution in [0.3, 0.4) is 0 Å². The van der Waals surface area contributed by atoms with E-state index in [4.69, 9.17) is 11.6 Å². The number of ketones is 1. The number of amides is 1. The molecule has 0 unspecified atom stereocenters. The van der Waals surface area contributed by atoms with E-state index < -0.39 is 23.4 Å². The maximum absolute atomic E-state index is 12.8. The molecule has 0 aliphatic rings. The molecule has 3 aromatic rings. The maximum atomic E-state index is 12.8. The third-order valence-corrected chi connectivity index (χ3v) is 4.29. The van der Waals surface area contributed by atoms with Gasteiger partial charge in [0.15, 0.2) is 5.78 Å². The molecule has 0 bridgehead atoms. The maximum Gasteiger partial charge on any atom is 0.416 e. The molecule has 0 spiro atoms. The Hall–Kier alpha value is -3.20. The highest BCUT2D eigenvalue weighted by atomic mass is 35.5. The molecule has 1 aromatic heterocycles. The summed E-state index contributed by atoms with van der Waals surface area (Å²) in [6.45, 7) is -0.588. The molecular weight excluding hydrogens is 409 g/mol. The van der Waals surface area contributed by atoms with E-state index in [0.29, 0.717) is 10.6 Å². The van der Waals surface area contributed by atoms with E-state index in [-0.39, 0.29) is 18.8 Å². The number of rotatable bonds is 6. The molecule has 0 saturated heterocycles. The molecule has 0 atom stereocenters. The Labute approximate surface area is 168 Å². The summed E-state index contributed by atoms with van der Waals surface area (Å²) in [5, 5.41) is 4.28. The van der Waals surface area contributed by atoms with Gasteiger partial charge in [0.25, 0.3) is 0 Å². The largest absolute Gasteiger partial charge is 0.416 e. The van der Waals surface area contributed by atoms with E-state index >= 15 is 0 Å². The number of anilines is 1. The van der Waals surface area contributed by atoms with Gasteiger partial charge in [-0.3, -0.25) is 9.59 Å². The van der Waals surface area contributed by atoms with Crippen LogP contribution in [-0.4, -0.2) is 33.0 Å². The van der Waals surface area contributed by atoms with Crippen molar-refractivity contribution < 1.29 is 22.8 Å². The number of nitrogens with zero attached hydrogens (tertiary/aromatic N) is 4. The van der Waals surface area contributed by atoms with Crippen molar-refractivity contribution in [1.82, 2.24) is 14.8 Å². The van der Waals surface area contributed by atoms with Gasteiger partial charge in [-0.1, -0.05) is 11.6 Å². The van der Waals surface area contributed by atoms with Gasteiger partial charge in [-0.25, -0.2) is 9.67 Å². The lowest BCUT2D eigenvalue weighted by molar-refractivity contribution is -0.137. The molecule has 3 rings (SSSR count). The molecule has 0 aliphatic heterocycles. The highest BCUT2D eigenvalue weighted by molar-refractivity contribution is 6.30. The average molecular weight is 423 g/mol. The Morgan fingerprint density at radius 2 is 1.69 bits per heavy atom. The minimum Gasteiger partial charge on any atom is -0.303 e. The van der Waals surface area contributed by atoms with Crippen molar-refractivity contribution in [3.63, 3.8) is 0 Å². The minimum atomic E-state index is -4.51. The first-order valence-electron chi connectivity index (χ1n) is 8.33. The summed E-state index contributed by atoms with van der Waals surface area (Å²) in [5.41, 5.74) is -0.376. The van der Waals surface area contributed by atoms with Gasteiger partial charge < -0.3 is 4.90 Å². The molecule has 1 heterocycles. The highest BCUT2D eigenvalue weighted by Crippen LogP contribution is 2.30. The van der Waals surface area contributed by atoms with Gasteiger partial charge in [0, 0.05) is 16.3 Å². The zero-order valence-corrected chi connectivity index (χ0v) is 15.6. The first-order chi connectivity index (χ1) is 13.7. The fourth-order valence-electron chi connectivity index (χ4n) is 2.56. The van der Waals surface area contributed by atoms with Crippen LogP contribution in [0.2, 0.25) is 5.02 Å². The molecule has 0 radical (unpaired) electrons. The summed E-state index contributed by atoms with van der Waals surface area (Å²) >= 11 is 5.82. The van der Waals surface area contributed by atoms with Crippen LogP contribution < -0.4 is 4.90 Å². The molecule has 2 aromatic carbocycles. The Bertz CT molecular complexity index is 988. The lowest BCUT2D eigenvalue weighted by Gasteiger charge is -2.23. The summed E-state index contributed by atoms with van der Waals surface area (Å²) in [7, 11) is 0. The van der Waals surface area contributed by atoms with Crippen LogP contribution in [0.4, 0.5) is 18.9 Å². The van der Waals surface area contributed by atoms with Crippen molar-refractivity contribution in [3.05, 3.63) is 77.3 Å². The molecule has 0 saturated carbocycles. The van der Waals surface area contributed by atoms with Crippen molar-refractivity contribution in [1.29, 1.82) is 0 Å². The molecular formula is C19H14ClF3N4O2. The number of hydrogen-bond acceptors (Lipinski definition) is 4. The van der Waals surface area contributed by atoms with Crippen LogP contribution >= 0.6 is 11.6 Å². The smallest absolute Gasteiger partial charge is 0.303 e. The Morgan fingerprint density at radius 3 is 2.24 bits per heavy atom. The standard InChI is InChI=1S/C19H14ClF3N4O2/c20-15-5-1-13(2-6-15)17(28)9-27(18(29)10-26-12-24-11-25-26)16-7-3-14(4-8-16)19(21,22)23/h1-8,11-12H,9-10H2. The fraction of sp³-hybridized carbons (Fsp3) is 0.158. The average Bonchev–Trinajstić information content (AvgIpc) is 3.19. The van der Waals surface area contributed by atoms with E-state index in [1.54, 1.807) is 0 Å². The number of carbonyl (C=O) groups excluding carboxylic acids is 2. The molecule has 0 N–H and O–H groups in total. The lowest BCUT2D eigenvalue weighted by atomic mass is 10.1. The van der Waals surface area contributed by atoms with Gasteiger partial charge in [0.1, 0.15) is 19.2 Å². The predicted molar refractivity (Wildman–Crippen MR) is 99.6 cm³/mol. The summed E-state index contributed by atoms with van der Waals surface area (Å²) in [5.74, 6) is -0.925. The Balaban J connectivity index is 1.87. The van der Waals surface area contributed by atoms with Gasteiger partial charge >= 0.3 is 6.18 Å². The number of aromatic nitrogens is 3. The van der Waals surface area contributed by atoms with E-state index in [2.05, 4.69) is 10.1 Å². The van der Waals surface area contributed by atoms with Crippen molar-refractivity contribution in [2.75, 3.05) is 11.4 Å². The van der Waals surface area contributed by atoms with Gasteiger partial charge in [-0.05, 0) is 48.5 Å². The number of halogens is 4. The molecule has 10 heteroatoms. The number of carbonyl (C=O) groups is 2. The van der Waals surface area contributed by atoms with Crippen molar-refractivity contribution in [3.8, 4) is 0 Å². The molecule has 0 fully saturated rings. The van der Waals surface area contributed by atoms with Crippen molar-refractivity contribution in [2.24, 2.45) is 0 Å². The first kappa shape index (κ1) is 20.5. The van der Waals surface area contributed by atoms with Crippen molar-refractivity contribution >= 4 is 29.0 Å². The molecule has 0 aliphatic carbocycles. The first-order valence-corrected chi connectivity index (χ1v) is 8.70. The van der Waals surface area contributed by atoms with Crippen LogP contribution in [-0.2, 0) is 17.5 Å². The molecule has 150 valence electrons. The SMILES string of the molecule is O=C(CN(C(=O)Cn1cncn1)c1ccc(C(F)(F)F)cc1)c1ccc(Cl)cc1. The van der Waals surface area contributed by atoms with Gasteiger partial charge in [0.2, 0.25) is 5.91 Å². The molecule has 6 nitrogen and oxygen atoms in total. The van der Waals surface area contributed by atoms with Crippen LogP contribution in [0.15, 0.2) is 61.2 Å². The Morgan fingerprint density at radius 1 is 1.03 bits per heavy atom. The molecule has 29 heavy (non-hydrogen) atoms. The summed E-state index contributed by atoms with van der Waals surface area (Å²) < 4.78 is 39.8. The van der Waals surface area contributed by atoms with E-state index in [1.807, 2.05) is 0 Å². The third kappa shape index (κ3) is 5.20. The van der Waals surface area contributed by atoms with Crippen LogP contribution in [0.5, 0.6) is 0 Å². The second-order valence-electron chi connectivity index (χ2n) is 6.05. The quantitative estimate of drug-likeness (QED) is 0.566. The summed E-state index contributed by atoms with van der Waals surface area (Å²) in [4.78, 5) is 30.2. The van der Waals surface area contributed by atoms with E-state index in [0.717, 1.165) is 29.2 Å². The lowest BCUT2D eigenvalue weighted by Crippen LogP contribution is -2.38. The highest BCUT2D eigenvalue weighted by Gasteiger charge is 2.30. The zero-order chi connectivity index (χ0) is 21.0. The minimum absolute atomic E-state index is 0.158. The summed E-state index contributed by atoms with van der Waals surface area (Å²) in [6, 6.07) is 10.1. The van der Waals surface area contributed by atoms with Crippen molar-refractivity contribution in [2.45, 2.75) is 12.7 Å². The number of hydrogen-bond donors (Lipinski definition) is 0. The second kappa shape index (κ2) is 8.44. The zero-order valence-electron chi connectivity index (χ0n) is 14.8. The third-order valence-electron chi connectivity index (χ3n) is 4.04. The molecule has 1 amide bonds. The normalized spacial score (nSPS) is 11.3. The second-order valence-corrected chi connectivity index (χ2v) is 6.48. The van der Waals surface area contributed by atoms with Crippen LogP contribution in [0.1, 0.15) is 15.9 Å². The number of Topliss-reactive ketones (excluding diaryl/α,β-unsaturated/α-hetero) is 1. The topological polar surface area (TPSA) is 68.1 Å². The van der Waals surface area contributed by atoms with Crippen LogP contribution in [0, 0.1) is 0 Å².